The molecule has 0 bridgehead atoms. The van der Waals surface area contributed by atoms with E-state index in [0.29, 0.717) is 32.2 Å². The number of hydrogen-bond acceptors (Lipinski definition) is 7. The Labute approximate surface area is 124 Å². The molecule has 0 saturated heterocycles. The highest BCUT2D eigenvalue weighted by atomic mass is 16.7. The zero-order chi connectivity index (χ0) is 15.3. The molecule has 1 rings (SSSR count). The fourth-order valence-corrected chi connectivity index (χ4v) is 1.32. The molecule has 0 unspecified atom stereocenters. The van der Waals surface area contributed by atoms with Crippen LogP contribution in [-0.2, 0) is 18.9 Å². The minimum Gasteiger partial charge on any atom is -0.504 e. The third-order valence-corrected chi connectivity index (χ3v) is 2.40. The minimum absolute atomic E-state index is 0.0120. The van der Waals surface area contributed by atoms with Gasteiger partial charge in [0.15, 0.2) is 25.1 Å². The van der Waals surface area contributed by atoms with Crippen molar-refractivity contribution in [3.63, 3.8) is 0 Å². The monoisotopic (exact) mass is 302 g/mol. The summed E-state index contributed by atoms with van der Waals surface area (Å²) in [5.41, 5.74) is 0. The Morgan fingerprint density at radius 2 is 1.48 bits per heavy atom. The minimum atomic E-state index is 0.0120. The predicted molar refractivity (Wildman–Crippen MR) is 74.8 cm³/mol. The summed E-state index contributed by atoms with van der Waals surface area (Å²) >= 11 is 0. The molecule has 0 heterocycles. The van der Waals surface area contributed by atoms with E-state index in [1.165, 1.54) is 6.07 Å². The average molecular weight is 302 g/mol. The second-order valence-electron chi connectivity index (χ2n) is 3.96. The normalized spacial score (nSPS) is 10.6. The molecule has 0 aliphatic carbocycles. The van der Waals surface area contributed by atoms with Crippen LogP contribution >= 0.6 is 0 Å². The number of benzene rings is 1. The van der Waals surface area contributed by atoms with Crippen LogP contribution in [0.1, 0.15) is 0 Å². The predicted octanol–water partition coefficient (Wildman–Crippen LogP) is 1.39. The second kappa shape index (κ2) is 11.2. The number of aromatic hydroxyl groups is 1. The van der Waals surface area contributed by atoms with Crippen molar-refractivity contribution >= 4 is 0 Å². The van der Waals surface area contributed by atoms with Crippen molar-refractivity contribution in [1.82, 2.24) is 0 Å². The highest BCUT2D eigenvalue weighted by Crippen LogP contribution is 2.30. The molecule has 0 aliphatic heterocycles. The lowest BCUT2D eigenvalue weighted by Gasteiger charge is -2.11. The van der Waals surface area contributed by atoms with Crippen LogP contribution in [0.25, 0.3) is 0 Å². The molecule has 7 heteroatoms. The van der Waals surface area contributed by atoms with E-state index >= 15 is 0 Å². The molecule has 0 spiro atoms. The molecular formula is C14H22O7. The Hall–Kier alpha value is -1.54. The average Bonchev–Trinajstić information content (AvgIpc) is 2.49. The Bertz CT molecular complexity index is 384. The van der Waals surface area contributed by atoms with E-state index < -0.39 is 0 Å². The quantitative estimate of drug-likeness (QED) is 0.462. The van der Waals surface area contributed by atoms with Gasteiger partial charge < -0.3 is 33.5 Å². The Morgan fingerprint density at radius 1 is 0.857 bits per heavy atom. The number of phenols is 1. The van der Waals surface area contributed by atoms with E-state index in [2.05, 4.69) is 0 Å². The van der Waals surface area contributed by atoms with Gasteiger partial charge in [-0.3, -0.25) is 0 Å². The van der Waals surface area contributed by atoms with Gasteiger partial charge in [-0.15, -0.1) is 0 Å². The highest BCUT2D eigenvalue weighted by molar-refractivity contribution is 5.44. The van der Waals surface area contributed by atoms with Crippen LogP contribution in [0.2, 0.25) is 0 Å². The SMILES string of the molecule is COCCOCOc1ccc(O)c(OCOCCOC)c1. The van der Waals surface area contributed by atoms with Gasteiger partial charge >= 0.3 is 0 Å². The molecular weight excluding hydrogens is 280 g/mol. The van der Waals surface area contributed by atoms with Gasteiger partial charge in [0.2, 0.25) is 0 Å². The topological polar surface area (TPSA) is 75.6 Å². The molecule has 7 nitrogen and oxygen atoms in total. The van der Waals surface area contributed by atoms with Crippen LogP contribution in [0.3, 0.4) is 0 Å². The zero-order valence-electron chi connectivity index (χ0n) is 12.4. The maximum absolute atomic E-state index is 9.67. The number of hydrogen-bond donors (Lipinski definition) is 1. The Balaban J connectivity index is 2.33. The van der Waals surface area contributed by atoms with Gasteiger partial charge in [-0.2, -0.15) is 0 Å². The summed E-state index contributed by atoms with van der Waals surface area (Å²) in [6.07, 6.45) is 0. The van der Waals surface area contributed by atoms with Gasteiger partial charge in [0.05, 0.1) is 26.4 Å². The number of phenolic OH excluding ortho intramolecular Hbond substituents is 1. The van der Waals surface area contributed by atoms with E-state index in [1.807, 2.05) is 0 Å². The van der Waals surface area contributed by atoms with Crippen LogP contribution in [0.5, 0.6) is 17.2 Å². The Kier molecular flexibility index (Phi) is 9.30. The molecule has 0 radical (unpaired) electrons. The number of methoxy groups -OCH3 is 2. The zero-order valence-corrected chi connectivity index (χ0v) is 12.4. The van der Waals surface area contributed by atoms with Crippen LogP contribution in [0.4, 0.5) is 0 Å². The highest BCUT2D eigenvalue weighted by Gasteiger charge is 2.05. The van der Waals surface area contributed by atoms with Gasteiger partial charge in [0.25, 0.3) is 0 Å². The second-order valence-corrected chi connectivity index (χ2v) is 3.96. The van der Waals surface area contributed by atoms with Crippen LogP contribution in [0, 0.1) is 0 Å². The lowest BCUT2D eigenvalue weighted by molar-refractivity contribution is -0.0123. The molecule has 0 amide bonds. The van der Waals surface area contributed by atoms with Gasteiger partial charge in [-0.1, -0.05) is 0 Å². The number of rotatable bonds is 12. The molecule has 21 heavy (non-hydrogen) atoms. The summed E-state index contributed by atoms with van der Waals surface area (Å²) in [6.45, 7) is 1.97. The van der Waals surface area contributed by atoms with Gasteiger partial charge in [-0.05, 0) is 12.1 Å². The van der Waals surface area contributed by atoms with Crippen molar-refractivity contribution < 1.29 is 33.5 Å². The third-order valence-electron chi connectivity index (χ3n) is 2.40. The molecule has 1 aromatic carbocycles. The molecule has 0 fully saturated rings. The molecule has 0 aromatic heterocycles. The summed E-state index contributed by atoms with van der Waals surface area (Å²) < 4.78 is 30.7. The van der Waals surface area contributed by atoms with Crippen molar-refractivity contribution in [2.45, 2.75) is 0 Å². The maximum Gasteiger partial charge on any atom is 0.189 e. The van der Waals surface area contributed by atoms with Crippen molar-refractivity contribution in [3.05, 3.63) is 18.2 Å². The lowest BCUT2D eigenvalue weighted by Crippen LogP contribution is -2.09. The van der Waals surface area contributed by atoms with Crippen molar-refractivity contribution in [2.75, 3.05) is 54.2 Å². The van der Waals surface area contributed by atoms with Crippen molar-refractivity contribution in [3.8, 4) is 17.2 Å². The third kappa shape index (κ3) is 7.72. The smallest absolute Gasteiger partial charge is 0.189 e. The first-order valence-corrected chi connectivity index (χ1v) is 6.50. The summed E-state index contributed by atoms with van der Waals surface area (Å²) in [6, 6.07) is 4.66. The van der Waals surface area contributed by atoms with E-state index in [-0.39, 0.29) is 25.1 Å². The van der Waals surface area contributed by atoms with Crippen LogP contribution < -0.4 is 9.47 Å². The lowest BCUT2D eigenvalue weighted by atomic mass is 10.3. The summed E-state index contributed by atoms with van der Waals surface area (Å²) in [4.78, 5) is 0. The van der Waals surface area contributed by atoms with Crippen LogP contribution in [-0.4, -0.2) is 59.3 Å². The molecule has 0 aliphatic rings. The molecule has 0 atom stereocenters. The largest absolute Gasteiger partial charge is 0.504 e. The molecule has 1 N–H and O–H groups in total. The van der Waals surface area contributed by atoms with E-state index in [9.17, 15) is 5.11 Å². The molecule has 0 saturated carbocycles. The van der Waals surface area contributed by atoms with Crippen molar-refractivity contribution in [1.29, 1.82) is 0 Å². The molecule has 120 valence electrons. The first-order valence-electron chi connectivity index (χ1n) is 6.50. The maximum atomic E-state index is 9.67. The van der Waals surface area contributed by atoms with Gasteiger partial charge in [-0.25, -0.2) is 0 Å². The van der Waals surface area contributed by atoms with E-state index in [4.69, 9.17) is 28.4 Å². The summed E-state index contributed by atoms with van der Waals surface area (Å²) in [5, 5.41) is 9.67. The van der Waals surface area contributed by atoms with Crippen molar-refractivity contribution in [2.24, 2.45) is 0 Å². The first-order chi connectivity index (χ1) is 10.3. The van der Waals surface area contributed by atoms with Gasteiger partial charge in [0, 0.05) is 20.3 Å². The van der Waals surface area contributed by atoms with Crippen LogP contribution in [0.15, 0.2) is 18.2 Å². The summed E-state index contributed by atoms with van der Waals surface area (Å²) in [5.74, 6) is 0.817. The van der Waals surface area contributed by atoms with E-state index in [0.717, 1.165) is 0 Å². The standard InChI is InChI=1S/C14H22O7/c1-16-5-7-18-10-20-12-3-4-13(15)14(9-12)21-11-19-8-6-17-2/h3-4,9,15H,5-8,10-11H2,1-2H3. The number of ether oxygens (including phenoxy) is 6. The Morgan fingerprint density at radius 3 is 2.10 bits per heavy atom. The first kappa shape index (κ1) is 17.5. The summed E-state index contributed by atoms with van der Waals surface area (Å²) in [7, 11) is 3.19. The van der Waals surface area contributed by atoms with E-state index in [1.54, 1.807) is 26.4 Å². The van der Waals surface area contributed by atoms with Gasteiger partial charge in [0.1, 0.15) is 5.75 Å². The molecule has 1 aromatic rings. The fraction of sp³-hybridized carbons (Fsp3) is 0.571. The fourth-order valence-electron chi connectivity index (χ4n) is 1.32.